The van der Waals surface area contributed by atoms with E-state index in [0.29, 0.717) is 18.5 Å². The van der Waals surface area contributed by atoms with Gasteiger partial charge in [-0.25, -0.2) is 4.39 Å². The largest absolute Gasteiger partial charge is 0.396 e. The molecule has 0 aliphatic carbocycles. The average Bonchev–Trinajstić information content (AvgIpc) is 2.95. The summed E-state index contributed by atoms with van der Waals surface area (Å²) in [6.45, 7) is 0.716. The highest BCUT2D eigenvalue weighted by atomic mass is 32.2. The number of imide groups is 1. The minimum absolute atomic E-state index is 0.0274. The van der Waals surface area contributed by atoms with Crippen LogP contribution in [0.25, 0.3) is 6.08 Å². The van der Waals surface area contributed by atoms with Crippen LogP contribution in [0.1, 0.15) is 37.7 Å². The Morgan fingerprint density at radius 1 is 1.25 bits per heavy atom. The number of aliphatic hydroxyl groups is 1. The van der Waals surface area contributed by atoms with Gasteiger partial charge in [0.25, 0.3) is 11.1 Å². The predicted octanol–water partition coefficient (Wildman–Crippen LogP) is 3.02. The number of carbonyl (C=O) groups excluding carboxylic acids is 3. The fourth-order valence-corrected chi connectivity index (χ4v) is 4.40. The first-order chi connectivity index (χ1) is 13.5. The Hall–Kier alpha value is -2.19. The number of thioether (sulfide) groups is 1. The molecule has 1 atom stereocenters. The second-order valence-corrected chi connectivity index (χ2v) is 7.88. The lowest BCUT2D eigenvalue weighted by molar-refractivity contribution is -0.135. The van der Waals surface area contributed by atoms with Gasteiger partial charge in [-0.3, -0.25) is 19.3 Å². The van der Waals surface area contributed by atoms with Gasteiger partial charge in [0.15, 0.2) is 0 Å². The molecule has 1 aromatic rings. The Bertz CT molecular complexity index is 779. The highest BCUT2D eigenvalue weighted by molar-refractivity contribution is 8.18. The van der Waals surface area contributed by atoms with Gasteiger partial charge >= 0.3 is 0 Å². The average molecular weight is 406 g/mol. The number of piperidine rings is 1. The monoisotopic (exact) mass is 406 g/mol. The van der Waals surface area contributed by atoms with E-state index in [4.69, 9.17) is 0 Å². The third-order valence-electron chi connectivity index (χ3n) is 5.00. The van der Waals surface area contributed by atoms with E-state index in [1.165, 1.54) is 24.3 Å². The zero-order valence-corrected chi connectivity index (χ0v) is 16.3. The Morgan fingerprint density at radius 2 is 2.00 bits per heavy atom. The van der Waals surface area contributed by atoms with Crippen molar-refractivity contribution in [3.8, 4) is 0 Å². The lowest BCUT2D eigenvalue weighted by atomic mass is 9.99. The van der Waals surface area contributed by atoms with E-state index in [0.717, 1.165) is 35.9 Å². The quantitative estimate of drug-likeness (QED) is 0.735. The normalized spacial score (nSPS) is 21.6. The number of hydrogen-bond acceptors (Lipinski definition) is 5. The molecule has 2 heterocycles. The molecule has 6 nitrogen and oxygen atoms in total. The summed E-state index contributed by atoms with van der Waals surface area (Å²) in [7, 11) is 0. The number of likely N-dealkylation sites (tertiary alicyclic amines) is 1. The van der Waals surface area contributed by atoms with Crippen molar-refractivity contribution in [1.29, 1.82) is 0 Å². The zero-order chi connectivity index (χ0) is 20.1. The van der Waals surface area contributed by atoms with Crippen LogP contribution >= 0.6 is 11.8 Å². The smallest absolute Gasteiger partial charge is 0.293 e. The third-order valence-corrected chi connectivity index (χ3v) is 5.91. The molecule has 0 aromatic heterocycles. The summed E-state index contributed by atoms with van der Waals surface area (Å²) in [4.78, 5) is 40.4. The molecule has 0 spiro atoms. The topological polar surface area (TPSA) is 77.9 Å². The first kappa shape index (κ1) is 20.5. The van der Waals surface area contributed by atoms with E-state index in [9.17, 15) is 23.9 Å². The van der Waals surface area contributed by atoms with Crippen molar-refractivity contribution >= 4 is 34.9 Å². The number of aliphatic hydroxyl groups excluding tert-OH is 1. The van der Waals surface area contributed by atoms with Crippen molar-refractivity contribution in [3.05, 3.63) is 40.6 Å². The molecule has 3 amide bonds. The highest BCUT2D eigenvalue weighted by Gasteiger charge is 2.36. The number of carbonyl (C=O) groups is 3. The van der Waals surface area contributed by atoms with Crippen molar-refractivity contribution in [1.82, 2.24) is 9.80 Å². The first-order valence-electron chi connectivity index (χ1n) is 9.41. The van der Waals surface area contributed by atoms with Gasteiger partial charge in [-0.15, -0.1) is 0 Å². The summed E-state index contributed by atoms with van der Waals surface area (Å²) in [6.07, 6.45) is 5.00. The number of rotatable bonds is 6. The fourth-order valence-electron chi connectivity index (χ4n) is 3.53. The minimum atomic E-state index is -0.433. The molecule has 0 radical (unpaired) electrons. The van der Waals surface area contributed by atoms with Crippen LogP contribution in [0.5, 0.6) is 0 Å². The summed E-state index contributed by atoms with van der Waals surface area (Å²) >= 11 is 0.824. The zero-order valence-electron chi connectivity index (χ0n) is 15.5. The second kappa shape index (κ2) is 9.34. The highest BCUT2D eigenvalue weighted by Crippen LogP contribution is 2.32. The van der Waals surface area contributed by atoms with Crippen LogP contribution in [-0.4, -0.2) is 57.7 Å². The maximum atomic E-state index is 13.0. The maximum Gasteiger partial charge on any atom is 0.293 e. The Morgan fingerprint density at radius 3 is 2.71 bits per heavy atom. The fraction of sp³-hybridized carbons (Fsp3) is 0.450. The molecule has 2 aliphatic rings. The van der Waals surface area contributed by atoms with Gasteiger partial charge in [-0.05, 0) is 61.2 Å². The van der Waals surface area contributed by atoms with Crippen LogP contribution in [0.4, 0.5) is 9.18 Å². The van der Waals surface area contributed by atoms with E-state index >= 15 is 0 Å². The van der Waals surface area contributed by atoms with Gasteiger partial charge in [0, 0.05) is 32.2 Å². The molecule has 150 valence electrons. The molecule has 28 heavy (non-hydrogen) atoms. The number of benzene rings is 1. The van der Waals surface area contributed by atoms with Crippen molar-refractivity contribution in [2.24, 2.45) is 0 Å². The number of amides is 3. The van der Waals surface area contributed by atoms with E-state index < -0.39 is 11.1 Å². The molecule has 1 N–H and O–H groups in total. The van der Waals surface area contributed by atoms with E-state index in [2.05, 4.69) is 0 Å². The van der Waals surface area contributed by atoms with Gasteiger partial charge in [0.1, 0.15) is 5.82 Å². The van der Waals surface area contributed by atoms with Gasteiger partial charge in [-0.1, -0.05) is 12.1 Å². The summed E-state index contributed by atoms with van der Waals surface area (Å²) in [6, 6.07) is 5.67. The number of nitrogens with zero attached hydrogens (tertiary/aromatic N) is 2. The SMILES string of the molecule is O=C1S/C(=C\c2ccc(F)cc2)C(=O)N1CCC(=O)N1CCCC[C@H]1CCO. The molecule has 2 saturated heterocycles. The Balaban J connectivity index is 1.61. The summed E-state index contributed by atoms with van der Waals surface area (Å²) < 4.78 is 13.0. The molecule has 2 aliphatic heterocycles. The lowest BCUT2D eigenvalue weighted by Crippen LogP contribution is -2.45. The van der Waals surface area contributed by atoms with Crippen molar-refractivity contribution in [3.63, 3.8) is 0 Å². The second-order valence-electron chi connectivity index (χ2n) is 6.88. The number of halogens is 1. The van der Waals surface area contributed by atoms with Crippen LogP contribution in [0.2, 0.25) is 0 Å². The van der Waals surface area contributed by atoms with Gasteiger partial charge in [0.2, 0.25) is 5.91 Å². The molecular formula is C20H23FN2O4S. The predicted molar refractivity (Wildman–Crippen MR) is 105 cm³/mol. The van der Waals surface area contributed by atoms with E-state index in [1.807, 2.05) is 0 Å². The van der Waals surface area contributed by atoms with Crippen molar-refractivity contribution in [2.45, 2.75) is 38.1 Å². The molecule has 0 saturated carbocycles. The van der Waals surface area contributed by atoms with Crippen LogP contribution in [0, 0.1) is 5.82 Å². The summed E-state index contributed by atoms with van der Waals surface area (Å²) in [5.74, 6) is -0.904. The molecular weight excluding hydrogens is 383 g/mol. The molecule has 1 aromatic carbocycles. The maximum absolute atomic E-state index is 13.0. The standard InChI is InChI=1S/C20H23FN2O4S/c21-15-6-4-14(5-7-15)13-17-19(26)23(20(27)28-17)11-8-18(25)22-10-2-1-3-16(22)9-12-24/h4-7,13,16,24H,1-3,8-12H2/b17-13-/t16-/m0/s1. The molecule has 3 rings (SSSR count). The van der Waals surface area contributed by atoms with Crippen molar-refractivity contribution < 1.29 is 23.9 Å². The van der Waals surface area contributed by atoms with Crippen LogP contribution in [-0.2, 0) is 9.59 Å². The first-order valence-corrected chi connectivity index (χ1v) is 10.2. The molecule has 8 heteroatoms. The van der Waals surface area contributed by atoms with Gasteiger partial charge in [-0.2, -0.15) is 0 Å². The van der Waals surface area contributed by atoms with E-state index in [-0.39, 0.29) is 42.2 Å². The van der Waals surface area contributed by atoms with Gasteiger partial charge < -0.3 is 10.0 Å². The molecule has 0 unspecified atom stereocenters. The minimum Gasteiger partial charge on any atom is -0.396 e. The lowest BCUT2D eigenvalue weighted by Gasteiger charge is -2.36. The van der Waals surface area contributed by atoms with E-state index in [1.54, 1.807) is 11.0 Å². The number of hydrogen-bond donors (Lipinski definition) is 1. The summed E-state index contributed by atoms with van der Waals surface area (Å²) in [5, 5.41) is 8.78. The summed E-state index contributed by atoms with van der Waals surface area (Å²) in [5.41, 5.74) is 0.628. The Labute approximate surface area is 167 Å². The third kappa shape index (κ3) is 4.80. The van der Waals surface area contributed by atoms with Crippen molar-refractivity contribution in [2.75, 3.05) is 19.7 Å². The van der Waals surface area contributed by atoms with Crippen LogP contribution < -0.4 is 0 Å². The van der Waals surface area contributed by atoms with Gasteiger partial charge in [0.05, 0.1) is 4.91 Å². The van der Waals surface area contributed by atoms with Crippen LogP contribution in [0.3, 0.4) is 0 Å². The molecule has 0 bridgehead atoms. The van der Waals surface area contributed by atoms with Crippen LogP contribution in [0.15, 0.2) is 29.2 Å². The molecule has 2 fully saturated rings. The Kier molecular flexibility index (Phi) is 6.85.